The van der Waals surface area contributed by atoms with E-state index in [2.05, 4.69) is 16.3 Å². The Kier molecular flexibility index (Phi) is 6.21. The van der Waals surface area contributed by atoms with E-state index in [0.29, 0.717) is 17.8 Å². The SMILES string of the molecule is C#CCNC(=O)COC(=O)c1cn(Cc2ccccc2)nc1-c1ccccc1. The number of terminal acetylenes is 1. The summed E-state index contributed by atoms with van der Waals surface area (Å²) in [5.74, 6) is 1.22. The average molecular weight is 373 g/mol. The molecule has 0 aliphatic heterocycles. The van der Waals surface area contributed by atoms with E-state index in [4.69, 9.17) is 11.2 Å². The molecule has 0 bridgehead atoms. The number of amides is 1. The van der Waals surface area contributed by atoms with Crippen molar-refractivity contribution in [3.05, 3.63) is 78.0 Å². The molecule has 28 heavy (non-hydrogen) atoms. The van der Waals surface area contributed by atoms with E-state index in [1.807, 2.05) is 60.7 Å². The molecular weight excluding hydrogens is 354 g/mol. The topological polar surface area (TPSA) is 73.2 Å². The van der Waals surface area contributed by atoms with Gasteiger partial charge in [-0.25, -0.2) is 4.79 Å². The highest BCUT2D eigenvalue weighted by molar-refractivity contribution is 5.97. The molecule has 0 saturated carbocycles. The van der Waals surface area contributed by atoms with Gasteiger partial charge in [-0.1, -0.05) is 66.6 Å². The van der Waals surface area contributed by atoms with Crippen molar-refractivity contribution in [1.29, 1.82) is 0 Å². The number of carbonyl (C=O) groups is 2. The third-order valence-corrected chi connectivity index (χ3v) is 3.94. The van der Waals surface area contributed by atoms with Crippen molar-refractivity contribution in [2.75, 3.05) is 13.2 Å². The number of nitrogens with zero attached hydrogens (tertiary/aromatic N) is 2. The molecule has 0 aliphatic carbocycles. The molecular formula is C22H19N3O3. The minimum atomic E-state index is -0.617. The quantitative estimate of drug-likeness (QED) is 0.510. The lowest BCUT2D eigenvalue weighted by atomic mass is 10.1. The van der Waals surface area contributed by atoms with E-state index in [0.717, 1.165) is 11.1 Å². The van der Waals surface area contributed by atoms with Gasteiger partial charge in [0.15, 0.2) is 6.61 Å². The van der Waals surface area contributed by atoms with Crippen LogP contribution in [0.5, 0.6) is 0 Å². The molecule has 140 valence electrons. The number of benzene rings is 2. The largest absolute Gasteiger partial charge is 0.452 e. The summed E-state index contributed by atoms with van der Waals surface area (Å²) in [6, 6.07) is 19.2. The highest BCUT2D eigenvalue weighted by atomic mass is 16.5. The van der Waals surface area contributed by atoms with Crippen molar-refractivity contribution in [3.8, 4) is 23.6 Å². The van der Waals surface area contributed by atoms with Crippen molar-refractivity contribution in [2.45, 2.75) is 6.54 Å². The molecule has 1 amide bonds. The summed E-state index contributed by atoms with van der Waals surface area (Å²) >= 11 is 0. The molecule has 1 aromatic heterocycles. The number of esters is 1. The Labute approximate surface area is 163 Å². The summed E-state index contributed by atoms with van der Waals surface area (Å²) < 4.78 is 6.83. The van der Waals surface area contributed by atoms with E-state index in [1.54, 1.807) is 10.9 Å². The molecule has 6 heteroatoms. The van der Waals surface area contributed by atoms with Crippen LogP contribution in [0, 0.1) is 12.3 Å². The van der Waals surface area contributed by atoms with Crippen LogP contribution in [0.4, 0.5) is 0 Å². The number of aromatic nitrogens is 2. The first-order valence-corrected chi connectivity index (χ1v) is 8.71. The number of ether oxygens (including phenoxy) is 1. The number of hydrogen-bond donors (Lipinski definition) is 1. The molecule has 0 atom stereocenters. The minimum absolute atomic E-state index is 0.0840. The van der Waals surface area contributed by atoms with E-state index < -0.39 is 18.5 Å². The van der Waals surface area contributed by atoms with Crippen LogP contribution >= 0.6 is 0 Å². The molecule has 3 aromatic rings. The monoisotopic (exact) mass is 373 g/mol. The molecule has 0 saturated heterocycles. The molecule has 0 unspecified atom stereocenters. The maximum absolute atomic E-state index is 12.6. The highest BCUT2D eigenvalue weighted by Crippen LogP contribution is 2.23. The standard InChI is InChI=1S/C22H19N3O3/c1-2-13-23-20(26)16-28-22(27)19-15-25(14-17-9-5-3-6-10-17)24-21(19)18-11-7-4-8-12-18/h1,3-12,15H,13-14,16H2,(H,23,26). The first kappa shape index (κ1) is 18.9. The van der Waals surface area contributed by atoms with E-state index in [-0.39, 0.29) is 6.54 Å². The smallest absolute Gasteiger partial charge is 0.342 e. The van der Waals surface area contributed by atoms with Gasteiger partial charge in [-0.3, -0.25) is 9.48 Å². The first-order chi connectivity index (χ1) is 13.7. The van der Waals surface area contributed by atoms with Gasteiger partial charge in [0, 0.05) is 11.8 Å². The zero-order valence-electron chi connectivity index (χ0n) is 15.2. The van der Waals surface area contributed by atoms with Crippen LogP contribution in [0.2, 0.25) is 0 Å². The van der Waals surface area contributed by atoms with Crippen molar-refractivity contribution in [2.24, 2.45) is 0 Å². The second-order valence-corrected chi connectivity index (χ2v) is 6.00. The Morgan fingerprint density at radius 2 is 1.75 bits per heavy atom. The minimum Gasteiger partial charge on any atom is -0.452 e. The molecule has 0 fully saturated rings. The Bertz CT molecular complexity index is 989. The van der Waals surface area contributed by atoms with Crippen LogP contribution in [0.1, 0.15) is 15.9 Å². The van der Waals surface area contributed by atoms with Crippen LogP contribution in [-0.4, -0.2) is 34.8 Å². The van der Waals surface area contributed by atoms with Gasteiger partial charge >= 0.3 is 5.97 Å². The van der Waals surface area contributed by atoms with Gasteiger partial charge in [0.2, 0.25) is 0 Å². The second kappa shape index (κ2) is 9.19. The first-order valence-electron chi connectivity index (χ1n) is 8.71. The zero-order valence-corrected chi connectivity index (χ0v) is 15.2. The number of hydrogen-bond acceptors (Lipinski definition) is 4. The Hall–Kier alpha value is -3.85. The third kappa shape index (κ3) is 4.86. The third-order valence-electron chi connectivity index (χ3n) is 3.94. The van der Waals surface area contributed by atoms with E-state index in [1.165, 1.54) is 0 Å². The number of nitrogens with one attached hydrogen (secondary N) is 1. The average Bonchev–Trinajstić information content (AvgIpc) is 3.15. The molecule has 0 radical (unpaired) electrons. The predicted octanol–water partition coefficient (Wildman–Crippen LogP) is 2.50. The zero-order chi connectivity index (χ0) is 19.8. The lowest BCUT2D eigenvalue weighted by molar-refractivity contribution is -0.123. The Morgan fingerprint density at radius 1 is 1.07 bits per heavy atom. The van der Waals surface area contributed by atoms with Crippen molar-refractivity contribution >= 4 is 11.9 Å². The summed E-state index contributed by atoms with van der Waals surface area (Å²) in [4.78, 5) is 24.2. The van der Waals surface area contributed by atoms with Gasteiger partial charge in [-0.15, -0.1) is 6.42 Å². The molecule has 2 aromatic carbocycles. The second-order valence-electron chi connectivity index (χ2n) is 6.00. The van der Waals surface area contributed by atoms with Crippen molar-refractivity contribution in [1.82, 2.24) is 15.1 Å². The Morgan fingerprint density at radius 3 is 2.43 bits per heavy atom. The Balaban J connectivity index is 1.82. The summed E-state index contributed by atoms with van der Waals surface area (Å²) in [6.07, 6.45) is 6.73. The van der Waals surface area contributed by atoms with Crippen LogP contribution in [0.15, 0.2) is 66.9 Å². The lowest BCUT2D eigenvalue weighted by Crippen LogP contribution is -2.29. The molecule has 0 spiro atoms. The van der Waals surface area contributed by atoms with Gasteiger partial charge in [0.1, 0.15) is 11.3 Å². The number of rotatable bonds is 7. The normalized spacial score (nSPS) is 10.1. The fourth-order valence-corrected chi connectivity index (χ4v) is 2.64. The van der Waals surface area contributed by atoms with Crippen molar-refractivity contribution in [3.63, 3.8) is 0 Å². The van der Waals surface area contributed by atoms with Gasteiger partial charge in [0.05, 0.1) is 13.1 Å². The number of carbonyl (C=O) groups excluding carboxylic acids is 2. The molecule has 0 aliphatic rings. The van der Waals surface area contributed by atoms with E-state index >= 15 is 0 Å². The molecule has 1 N–H and O–H groups in total. The molecule has 1 heterocycles. The summed E-state index contributed by atoms with van der Waals surface area (Å²) in [6.45, 7) is 0.190. The summed E-state index contributed by atoms with van der Waals surface area (Å²) in [5, 5.41) is 7.01. The van der Waals surface area contributed by atoms with Crippen molar-refractivity contribution < 1.29 is 14.3 Å². The van der Waals surface area contributed by atoms with Gasteiger partial charge < -0.3 is 10.1 Å². The van der Waals surface area contributed by atoms with Crippen LogP contribution < -0.4 is 5.32 Å². The van der Waals surface area contributed by atoms with Gasteiger partial charge in [0.25, 0.3) is 5.91 Å². The lowest BCUT2D eigenvalue weighted by Gasteiger charge is -2.05. The van der Waals surface area contributed by atoms with Crippen LogP contribution in [-0.2, 0) is 16.1 Å². The molecule has 3 rings (SSSR count). The summed E-state index contributed by atoms with van der Waals surface area (Å²) in [5.41, 5.74) is 2.65. The van der Waals surface area contributed by atoms with E-state index in [9.17, 15) is 9.59 Å². The fourth-order valence-electron chi connectivity index (χ4n) is 2.64. The van der Waals surface area contributed by atoms with Gasteiger partial charge in [-0.05, 0) is 5.56 Å². The van der Waals surface area contributed by atoms with Crippen LogP contribution in [0.3, 0.4) is 0 Å². The van der Waals surface area contributed by atoms with Gasteiger partial charge in [-0.2, -0.15) is 5.10 Å². The predicted molar refractivity (Wildman–Crippen MR) is 105 cm³/mol. The fraction of sp³-hybridized carbons (Fsp3) is 0.136. The maximum Gasteiger partial charge on any atom is 0.342 e. The highest BCUT2D eigenvalue weighted by Gasteiger charge is 2.20. The summed E-state index contributed by atoms with van der Waals surface area (Å²) in [7, 11) is 0. The maximum atomic E-state index is 12.6. The van der Waals surface area contributed by atoms with Crippen LogP contribution in [0.25, 0.3) is 11.3 Å². The molecule has 6 nitrogen and oxygen atoms in total.